The van der Waals surface area contributed by atoms with Crippen molar-refractivity contribution in [3.63, 3.8) is 0 Å². The van der Waals surface area contributed by atoms with E-state index in [1.807, 2.05) is 66.7 Å². The number of nitrogens with zero attached hydrogens (tertiary/aromatic N) is 2. The van der Waals surface area contributed by atoms with Crippen LogP contribution in [-0.4, -0.2) is 17.4 Å². The summed E-state index contributed by atoms with van der Waals surface area (Å²) in [6, 6.07) is 32.4. The molecule has 5 rings (SSSR count). The van der Waals surface area contributed by atoms with Gasteiger partial charge in [-0.1, -0.05) is 91.0 Å². The minimum Gasteiger partial charge on any atom is -0.316 e. The molecule has 176 valence electrons. The third-order valence-corrected chi connectivity index (χ3v) is 7.39. The first kappa shape index (κ1) is 24.7. The minimum absolute atomic E-state index is 0. The highest BCUT2D eigenvalue weighted by molar-refractivity contribution is 7.16. The number of nitrogens with one attached hydrogen (secondary N) is 1. The molecular weight excluding hydrogens is 474 g/mol. The molecular formula is C29H26ClN3OS. The smallest absolute Gasteiger partial charge is 0.237 e. The Hall–Kier alpha value is -3.43. The number of rotatable bonds is 6. The van der Waals surface area contributed by atoms with E-state index in [9.17, 15) is 10.1 Å². The number of carbonyl (C=O) groups is 1. The van der Waals surface area contributed by atoms with E-state index in [4.69, 9.17) is 0 Å². The molecule has 1 aliphatic heterocycles. The highest BCUT2D eigenvalue weighted by atomic mass is 35.5. The van der Waals surface area contributed by atoms with Crippen molar-refractivity contribution >= 4 is 34.7 Å². The van der Waals surface area contributed by atoms with Crippen LogP contribution in [0.1, 0.15) is 38.6 Å². The van der Waals surface area contributed by atoms with Crippen molar-refractivity contribution in [2.24, 2.45) is 0 Å². The number of nitriles is 1. The van der Waals surface area contributed by atoms with Crippen molar-refractivity contribution in [2.45, 2.75) is 25.4 Å². The molecule has 3 aromatic carbocycles. The van der Waals surface area contributed by atoms with Gasteiger partial charge >= 0.3 is 0 Å². The van der Waals surface area contributed by atoms with Gasteiger partial charge in [-0.2, -0.15) is 5.26 Å². The summed E-state index contributed by atoms with van der Waals surface area (Å²) in [5.74, 6) is -0.559. The molecule has 1 aromatic heterocycles. The van der Waals surface area contributed by atoms with E-state index in [1.165, 1.54) is 10.4 Å². The largest absolute Gasteiger partial charge is 0.316 e. The molecule has 0 saturated carbocycles. The van der Waals surface area contributed by atoms with Crippen molar-refractivity contribution in [3.8, 4) is 6.07 Å². The number of anilines is 1. The first-order chi connectivity index (χ1) is 16.7. The Morgan fingerprint density at radius 1 is 0.943 bits per heavy atom. The lowest BCUT2D eigenvalue weighted by molar-refractivity contribution is -0.116. The van der Waals surface area contributed by atoms with Crippen LogP contribution in [0.5, 0.6) is 0 Å². The maximum atomic E-state index is 13.6. The number of amides is 1. The summed E-state index contributed by atoms with van der Waals surface area (Å²) in [6.07, 6.45) is 0.818. The summed E-state index contributed by atoms with van der Waals surface area (Å²) < 4.78 is 0. The van der Waals surface area contributed by atoms with Crippen molar-refractivity contribution in [3.05, 3.63) is 124 Å². The number of benzene rings is 3. The van der Waals surface area contributed by atoms with E-state index in [-0.39, 0.29) is 18.3 Å². The number of hydrogen-bond donors (Lipinski definition) is 1. The Morgan fingerprint density at radius 2 is 1.51 bits per heavy atom. The maximum Gasteiger partial charge on any atom is 0.237 e. The normalized spacial score (nSPS) is 12.9. The van der Waals surface area contributed by atoms with Crippen LogP contribution < -0.4 is 5.32 Å². The summed E-state index contributed by atoms with van der Waals surface area (Å²) in [6.45, 7) is 2.57. The zero-order chi connectivity index (χ0) is 23.3. The fourth-order valence-corrected chi connectivity index (χ4v) is 5.85. The van der Waals surface area contributed by atoms with E-state index in [2.05, 4.69) is 40.6 Å². The Balaban J connectivity index is 0.00000289. The maximum absolute atomic E-state index is 13.6. The molecule has 0 radical (unpaired) electrons. The van der Waals surface area contributed by atoms with Crippen molar-refractivity contribution in [1.29, 1.82) is 5.26 Å². The second kappa shape index (κ2) is 11.3. The van der Waals surface area contributed by atoms with Crippen LogP contribution in [0.4, 0.5) is 5.00 Å². The van der Waals surface area contributed by atoms with Gasteiger partial charge in [-0.25, -0.2) is 0 Å². The highest BCUT2D eigenvalue weighted by Crippen LogP contribution is 2.38. The van der Waals surface area contributed by atoms with Gasteiger partial charge < -0.3 is 5.32 Å². The van der Waals surface area contributed by atoms with Gasteiger partial charge in [0.1, 0.15) is 11.1 Å². The van der Waals surface area contributed by atoms with Gasteiger partial charge in [0.15, 0.2) is 0 Å². The fourth-order valence-electron chi connectivity index (χ4n) is 4.61. The molecule has 35 heavy (non-hydrogen) atoms. The van der Waals surface area contributed by atoms with E-state index < -0.39 is 5.92 Å². The second-order valence-electron chi connectivity index (χ2n) is 8.51. The molecule has 1 N–H and O–H groups in total. The standard InChI is InChI=1S/C29H25N3OS.ClH/c30-18-25-24-16-17-32(19-21-10-4-1-5-11-21)20-26(24)34-29(25)31-28(33)27(22-12-6-2-7-13-22)23-14-8-3-9-15-23;/h1-15,27H,16-17,19-20H2,(H,31,33);1H. The Labute approximate surface area is 216 Å². The van der Waals surface area contributed by atoms with Crippen LogP contribution in [0.2, 0.25) is 0 Å². The van der Waals surface area contributed by atoms with Gasteiger partial charge in [-0.15, -0.1) is 23.7 Å². The van der Waals surface area contributed by atoms with Crippen LogP contribution in [0.15, 0.2) is 91.0 Å². The molecule has 1 aliphatic rings. The molecule has 0 aliphatic carbocycles. The van der Waals surface area contributed by atoms with Gasteiger partial charge in [0, 0.05) is 24.5 Å². The third kappa shape index (κ3) is 5.47. The SMILES string of the molecule is Cl.N#Cc1c(NC(=O)C(c2ccccc2)c2ccccc2)sc2c1CCN(Cc1ccccc1)C2. The summed E-state index contributed by atoms with van der Waals surface area (Å²) in [4.78, 5) is 17.1. The third-order valence-electron chi connectivity index (χ3n) is 6.26. The molecule has 0 atom stereocenters. The quantitative estimate of drug-likeness (QED) is 0.335. The lowest BCUT2D eigenvalue weighted by Crippen LogP contribution is -2.29. The average molecular weight is 500 g/mol. The number of carbonyl (C=O) groups excluding carboxylic acids is 1. The molecule has 4 aromatic rings. The summed E-state index contributed by atoms with van der Waals surface area (Å²) in [5.41, 5.74) is 4.85. The topological polar surface area (TPSA) is 56.1 Å². The van der Waals surface area contributed by atoms with Gasteiger partial charge in [0.2, 0.25) is 5.91 Å². The van der Waals surface area contributed by atoms with Crippen LogP contribution in [0, 0.1) is 11.3 Å². The predicted molar refractivity (Wildman–Crippen MR) is 144 cm³/mol. The van der Waals surface area contributed by atoms with Crippen LogP contribution in [-0.2, 0) is 24.3 Å². The van der Waals surface area contributed by atoms with E-state index in [0.29, 0.717) is 10.6 Å². The molecule has 2 heterocycles. The van der Waals surface area contributed by atoms with Crippen molar-refractivity contribution in [1.82, 2.24) is 4.90 Å². The lowest BCUT2D eigenvalue weighted by atomic mass is 9.90. The monoisotopic (exact) mass is 499 g/mol. The molecule has 6 heteroatoms. The molecule has 0 bridgehead atoms. The summed E-state index contributed by atoms with van der Waals surface area (Å²) in [7, 11) is 0. The minimum atomic E-state index is -0.442. The Kier molecular flexibility index (Phi) is 7.99. The van der Waals surface area contributed by atoms with Crippen LogP contribution in [0.3, 0.4) is 0 Å². The van der Waals surface area contributed by atoms with Gasteiger partial charge in [-0.3, -0.25) is 9.69 Å². The zero-order valence-electron chi connectivity index (χ0n) is 19.2. The van der Waals surface area contributed by atoms with Crippen LogP contribution in [0.25, 0.3) is 0 Å². The lowest BCUT2D eigenvalue weighted by Gasteiger charge is -2.26. The molecule has 0 fully saturated rings. The first-order valence-corrected chi connectivity index (χ1v) is 12.3. The molecule has 0 unspecified atom stereocenters. The summed E-state index contributed by atoms with van der Waals surface area (Å²) in [5, 5.41) is 13.7. The predicted octanol–water partition coefficient (Wildman–Crippen LogP) is 6.37. The van der Waals surface area contributed by atoms with Crippen LogP contribution >= 0.6 is 23.7 Å². The summed E-state index contributed by atoms with van der Waals surface area (Å²) >= 11 is 1.54. The number of halogens is 1. The first-order valence-electron chi connectivity index (χ1n) is 11.4. The Bertz CT molecular complexity index is 1280. The van der Waals surface area contributed by atoms with Gasteiger partial charge in [0.25, 0.3) is 0 Å². The molecule has 4 nitrogen and oxygen atoms in total. The van der Waals surface area contributed by atoms with Gasteiger partial charge in [0.05, 0.1) is 11.5 Å². The van der Waals surface area contributed by atoms with Crippen molar-refractivity contribution in [2.75, 3.05) is 11.9 Å². The molecule has 0 saturated heterocycles. The van der Waals surface area contributed by atoms with E-state index in [1.54, 1.807) is 11.3 Å². The molecule has 1 amide bonds. The van der Waals surface area contributed by atoms with E-state index in [0.717, 1.165) is 42.7 Å². The second-order valence-corrected chi connectivity index (χ2v) is 9.61. The zero-order valence-corrected chi connectivity index (χ0v) is 20.8. The Morgan fingerprint density at radius 3 is 2.09 bits per heavy atom. The number of hydrogen-bond acceptors (Lipinski definition) is 4. The van der Waals surface area contributed by atoms with E-state index >= 15 is 0 Å². The van der Waals surface area contributed by atoms with Crippen molar-refractivity contribution < 1.29 is 4.79 Å². The number of thiophene rings is 1. The molecule has 0 spiro atoms. The fraction of sp³-hybridized carbons (Fsp3) is 0.172. The van der Waals surface area contributed by atoms with Gasteiger partial charge in [-0.05, 0) is 28.7 Å². The highest BCUT2D eigenvalue weighted by Gasteiger charge is 2.28. The average Bonchev–Trinajstić information content (AvgIpc) is 3.22. The number of fused-ring (bicyclic) bond motifs is 1.